The first-order chi connectivity index (χ1) is 12.6. The normalized spacial score (nSPS) is 12.1. The molecule has 0 aromatic heterocycles. The summed E-state index contributed by atoms with van der Waals surface area (Å²) in [5, 5.41) is 0. The molecule has 0 heterocycles. The van der Waals surface area contributed by atoms with Gasteiger partial charge in [-0.15, -0.1) is 0 Å². The van der Waals surface area contributed by atoms with Gasteiger partial charge < -0.3 is 0 Å². The third-order valence-electron chi connectivity index (χ3n) is 5.38. The summed E-state index contributed by atoms with van der Waals surface area (Å²) in [6.45, 7) is 18.8. The van der Waals surface area contributed by atoms with Gasteiger partial charge in [-0.2, -0.15) is 0 Å². The van der Waals surface area contributed by atoms with Crippen LogP contribution in [-0.2, 0) is 0 Å². The molecule has 0 rings (SSSR count). The number of rotatable bonds is 15. The number of hydrogen-bond donors (Lipinski definition) is 0. The van der Waals surface area contributed by atoms with Crippen molar-refractivity contribution in [3.63, 3.8) is 0 Å². The molecule has 0 bridgehead atoms. The number of unbranched alkanes of at least 4 members (excludes halogenated alkanes) is 4. The van der Waals surface area contributed by atoms with E-state index in [-0.39, 0.29) is 0 Å². The summed E-state index contributed by atoms with van der Waals surface area (Å²) in [7, 11) is 2.34. The molecule has 0 amide bonds. The minimum absolute atomic E-state index is 0.603. The Bertz CT molecular complexity index is 313. The van der Waals surface area contributed by atoms with Crippen molar-refractivity contribution in [1.82, 2.24) is 9.80 Å². The second-order valence-electron chi connectivity index (χ2n) is 7.94. The average Bonchev–Trinajstić information content (AvgIpc) is 2.64. The monoisotopic (exact) mass is 368 g/mol. The maximum atomic E-state index is 2.71. The van der Waals surface area contributed by atoms with E-state index in [1.54, 1.807) is 0 Å². The van der Waals surface area contributed by atoms with E-state index in [2.05, 4.69) is 63.0 Å². The Morgan fingerprint density at radius 3 is 1.27 bits per heavy atom. The third-order valence-corrected chi connectivity index (χ3v) is 5.38. The average molecular weight is 369 g/mol. The smallest absolute Gasteiger partial charge is 0.265 e. The molecular formula is C23H50N3+. The van der Waals surface area contributed by atoms with Gasteiger partial charge in [-0.3, -0.25) is 14.4 Å². The van der Waals surface area contributed by atoms with Gasteiger partial charge in [0.25, 0.3) is 0 Å². The number of hydrogen-bond acceptors (Lipinski definition) is 0. The van der Waals surface area contributed by atoms with Crippen molar-refractivity contribution in [3.05, 3.63) is 0 Å². The van der Waals surface area contributed by atoms with Crippen molar-refractivity contribution in [3.8, 4) is 0 Å². The molecule has 0 fully saturated rings. The summed E-state index contributed by atoms with van der Waals surface area (Å²) in [5.41, 5.74) is 0. The van der Waals surface area contributed by atoms with Crippen molar-refractivity contribution >= 4 is 5.96 Å². The maximum absolute atomic E-state index is 2.71. The Morgan fingerprint density at radius 1 is 0.654 bits per heavy atom. The first-order valence-corrected chi connectivity index (χ1v) is 11.7. The molecule has 0 aliphatic heterocycles. The lowest BCUT2D eigenvalue weighted by molar-refractivity contribution is -0.545. The molecule has 0 aromatic rings. The van der Waals surface area contributed by atoms with Crippen LogP contribution in [0.15, 0.2) is 0 Å². The summed E-state index contributed by atoms with van der Waals surface area (Å²) < 4.78 is 2.60. The van der Waals surface area contributed by atoms with E-state index in [9.17, 15) is 0 Å². The number of guanidine groups is 1. The van der Waals surface area contributed by atoms with Crippen molar-refractivity contribution < 1.29 is 4.58 Å². The highest BCUT2D eigenvalue weighted by atomic mass is 15.4. The summed E-state index contributed by atoms with van der Waals surface area (Å²) in [4.78, 5) is 5.43. The zero-order valence-electron chi connectivity index (χ0n) is 19.3. The lowest BCUT2D eigenvalue weighted by Crippen LogP contribution is -2.52. The highest BCUT2D eigenvalue weighted by Gasteiger charge is 2.28. The van der Waals surface area contributed by atoms with E-state index in [1.165, 1.54) is 96.3 Å². The fourth-order valence-electron chi connectivity index (χ4n) is 3.47. The van der Waals surface area contributed by atoms with Crippen LogP contribution < -0.4 is 0 Å². The lowest BCUT2D eigenvalue weighted by Gasteiger charge is -2.31. The van der Waals surface area contributed by atoms with Crippen LogP contribution in [0.4, 0.5) is 0 Å². The Hall–Kier alpha value is -0.730. The van der Waals surface area contributed by atoms with Crippen LogP contribution >= 0.6 is 0 Å². The van der Waals surface area contributed by atoms with Crippen molar-refractivity contribution in [2.24, 2.45) is 0 Å². The van der Waals surface area contributed by atoms with E-state index in [0.29, 0.717) is 6.04 Å². The summed E-state index contributed by atoms with van der Waals surface area (Å²) in [5.74, 6) is 1.51. The van der Waals surface area contributed by atoms with Gasteiger partial charge in [0, 0.05) is 0 Å². The SMILES string of the molecule is CCCCN(CCCC)C(N(CCCC)CCCC)=[N+](C)[C@@H](C)CCC. The topological polar surface area (TPSA) is 9.49 Å². The van der Waals surface area contributed by atoms with E-state index in [4.69, 9.17) is 0 Å². The highest BCUT2D eigenvalue weighted by Crippen LogP contribution is 2.11. The van der Waals surface area contributed by atoms with E-state index < -0.39 is 0 Å². The van der Waals surface area contributed by atoms with Crippen molar-refractivity contribution in [2.45, 2.75) is 112 Å². The zero-order valence-corrected chi connectivity index (χ0v) is 19.3. The molecule has 0 aliphatic carbocycles. The maximum Gasteiger partial charge on any atom is 0.350 e. The Kier molecular flexibility index (Phi) is 16.0. The molecule has 0 aromatic carbocycles. The second kappa shape index (κ2) is 16.4. The molecule has 3 heteroatoms. The molecule has 0 aliphatic rings. The predicted octanol–water partition coefficient (Wildman–Crippen LogP) is 5.98. The van der Waals surface area contributed by atoms with E-state index in [1.807, 2.05) is 0 Å². The molecule has 0 radical (unpaired) electrons. The Labute approximate surface area is 165 Å². The quantitative estimate of drug-likeness (QED) is 0.200. The van der Waals surface area contributed by atoms with Crippen LogP contribution in [0.1, 0.15) is 106 Å². The fourth-order valence-corrected chi connectivity index (χ4v) is 3.47. The fraction of sp³-hybridized carbons (Fsp3) is 0.957. The molecule has 1 atom stereocenters. The predicted molar refractivity (Wildman–Crippen MR) is 118 cm³/mol. The van der Waals surface area contributed by atoms with Gasteiger partial charge in [0.2, 0.25) is 0 Å². The minimum Gasteiger partial charge on any atom is -0.265 e. The summed E-state index contributed by atoms with van der Waals surface area (Å²) >= 11 is 0. The van der Waals surface area contributed by atoms with Gasteiger partial charge in [-0.25, -0.2) is 0 Å². The first kappa shape index (κ1) is 25.3. The van der Waals surface area contributed by atoms with Crippen LogP contribution in [0.25, 0.3) is 0 Å². The molecule has 0 unspecified atom stereocenters. The number of nitrogens with zero attached hydrogens (tertiary/aromatic N) is 3. The van der Waals surface area contributed by atoms with Crippen LogP contribution in [0, 0.1) is 0 Å². The molecule has 26 heavy (non-hydrogen) atoms. The molecule has 0 saturated carbocycles. The standard InChI is InChI=1S/C23H50N3/c1-8-13-18-25(19-14-9-2)23(24(7)22(6)17-12-5)26(20-15-10-3)21-16-11-4/h22H,8-21H2,1-7H3/q+1/t22-/m0/s1. The van der Waals surface area contributed by atoms with Gasteiger partial charge in [0.05, 0.1) is 39.3 Å². The van der Waals surface area contributed by atoms with Gasteiger partial charge in [0.15, 0.2) is 0 Å². The van der Waals surface area contributed by atoms with Gasteiger partial charge >= 0.3 is 5.96 Å². The highest BCUT2D eigenvalue weighted by molar-refractivity contribution is 5.75. The summed E-state index contributed by atoms with van der Waals surface area (Å²) in [6.07, 6.45) is 12.8. The molecule has 0 spiro atoms. The largest absolute Gasteiger partial charge is 0.350 e. The van der Waals surface area contributed by atoms with E-state index in [0.717, 1.165) is 0 Å². The molecule has 156 valence electrons. The van der Waals surface area contributed by atoms with Gasteiger partial charge in [-0.05, 0) is 39.0 Å². The van der Waals surface area contributed by atoms with Crippen LogP contribution in [0.5, 0.6) is 0 Å². The second-order valence-corrected chi connectivity index (χ2v) is 7.94. The van der Waals surface area contributed by atoms with Crippen molar-refractivity contribution in [2.75, 3.05) is 33.2 Å². The van der Waals surface area contributed by atoms with Gasteiger partial charge in [-0.1, -0.05) is 66.7 Å². The van der Waals surface area contributed by atoms with Crippen molar-refractivity contribution in [1.29, 1.82) is 0 Å². The molecular weight excluding hydrogens is 318 g/mol. The summed E-state index contributed by atoms with van der Waals surface area (Å²) in [6, 6.07) is 0.603. The third kappa shape index (κ3) is 9.83. The van der Waals surface area contributed by atoms with Crippen LogP contribution in [0.2, 0.25) is 0 Å². The Morgan fingerprint density at radius 2 is 1.00 bits per heavy atom. The lowest BCUT2D eigenvalue weighted by atomic mass is 10.2. The zero-order chi connectivity index (χ0) is 19.8. The van der Waals surface area contributed by atoms with Crippen LogP contribution in [-0.4, -0.2) is 59.6 Å². The molecule has 0 saturated heterocycles. The van der Waals surface area contributed by atoms with Crippen LogP contribution in [0.3, 0.4) is 0 Å². The molecule has 0 N–H and O–H groups in total. The minimum atomic E-state index is 0.603. The van der Waals surface area contributed by atoms with Gasteiger partial charge in [0.1, 0.15) is 0 Å². The van der Waals surface area contributed by atoms with E-state index >= 15 is 0 Å². The first-order valence-electron chi connectivity index (χ1n) is 11.7. The molecule has 3 nitrogen and oxygen atoms in total. The Balaban J connectivity index is 5.77.